The maximum absolute atomic E-state index is 13.2. The highest BCUT2D eigenvalue weighted by Crippen LogP contribution is 2.22. The van der Waals surface area contributed by atoms with Gasteiger partial charge in [0.05, 0.1) is 0 Å². The van der Waals surface area contributed by atoms with Gasteiger partial charge in [-0.15, -0.1) is 11.8 Å². The van der Waals surface area contributed by atoms with Crippen molar-refractivity contribution in [2.75, 3.05) is 5.75 Å². The van der Waals surface area contributed by atoms with Gasteiger partial charge in [0.2, 0.25) is 11.8 Å². The second kappa shape index (κ2) is 12.3. The van der Waals surface area contributed by atoms with E-state index < -0.39 is 6.04 Å². The fourth-order valence-corrected chi connectivity index (χ4v) is 4.94. The van der Waals surface area contributed by atoms with E-state index in [1.165, 1.54) is 12.0 Å². The molecule has 3 rings (SSSR count). The molecule has 2 aromatic carbocycles. The zero-order chi connectivity index (χ0) is 22.9. The summed E-state index contributed by atoms with van der Waals surface area (Å²) in [6.07, 6.45) is 6.00. The number of halogens is 1. The van der Waals surface area contributed by atoms with Crippen molar-refractivity contribution >= 4 is 35.2 Å². The van der Waals surface area contributed by atoms with Crippen LogP contribution in [0.15, 0.2) is 53.4 Å². The summed E-state index contributed by atoms with van der Waals surface area (Å²) < 4.78 is 0. The number of thioether (sulfide) groups is 1. The molecular weight excluding hydrogens is 440 g/mol. The number of benzene rings is 2. The molecule has 172 valence electrons. The highest BCUT2D eigenvalue weighted by molar-refractivity contribution is 7.99. The lowest BCUT2D eigenvalue weighted by Gasteiger charge is -2.31. The molecule has 0 saturated heterocycles. The minimum absolute atomic E-state index is 0.00154. The van der Waals surface area contributed by atoms with E-state index in [9.17, 15) is 9.59 Å². The number of rotatable bonds is 9. The van der Waals surface area contributed by atoms with Crippen molar-refractivity contribution in [1.29, 1.82) is 0 Å². The van der Waals surface area contributed by atoms with Crippen LogP contribution in [0.3, 0.4) is 0 Å². The lowest BCUT2D eigenvalue weighted by molar-refractivity contribution is -0.140. The zero-order valence-electron chi connectivity index (χ0n) is 19.0. The molecule has 0 bridgehead atoms. The smallest absolute Gasteiger partial charge is 0.242 e. The molecule has 2 amide bonds. The quantitative estimate of drug-likeness (QED) is 0.455. The van der Waals surface area contributed by atoms with Crippen molar-refractivity contribution in [2.45, 2.75) is 75.9 Å². The van der Waals surface area contributed by atoms with Crippen LogP contribution in [0.4, 0.5) is 0 Å². The van der Waals surface area contributed by atoms with Crippen LogP contribution < -0.4 is 5.32 Å². The summed E-state index contributed by atoms with van der Waals surface area (Å²) in [5, 5.41) is 3.89. The van der Waals surface area contributed by atoms with Gasteiger partial charge >= 0.3 is 0 Å². The second-order valence-corrected chi connectivity index (χ2v) is 10.2. The summed E-state index contributed by atoms with van der Waals surface area (Å²) in [6, 6.07) is 15.5. The lowest BCUT2D eigenvalue weighted by atomic mass is 9.95. The molecule has 4 nitrogen and oxygen atoms in total. The number of hydrogen-bond acceptors (Lipinski definition) is 3. The number of hydrogen-bond donors (Lipinski definition) is 1. The van der Waals surface area contributed by atoms with Crippen LogP contribution in [0, 0.1) is 6.92 Å². The van der Waals surface area contributed by atoms with Gasteiger partial charge in [0, 0.05) is 34.7 Å². The summed E-state index contributed by atoms with van der Waals surface area (Å²) in [5.41, 5.74) is 2.21. The Balaban J connectivity index is 1.64. The fourth-order valence-electron chi connectivity index (χ4n) is 3.97. The Bertz CT molecular complexity index is 880. The summed E-state index contributed by atoms with van der Waals surface area (Å²) in [7, 11) is 0. The maximum atomic E-state index is 13.2. The first kappa shape index (κ1) is 24.7. The van der Waals surface area contributed by atoms with Gasteiger partial charge in [-0.3, -0.25) is 9.59 Å². The monoisotopic (exact) mass is 472 g/mol. The van der Waals surface area contributed by atoms with Crippen LogP contribution in [0.25, 0.3) is 0 Å². The molecule has 1 unspecified atom stereocenters. The minimum Gasteiger partial charge on any atom is -0.352 e. The largest absolute Gasteiger partial charge is 0.352 e. The third kappa shape index (κ3) is 7.56. The molecule has 1 saturated carbocycles. The Labute approximate surface area is 201 Å². The molecule has 0 aromatic heterocycles. The summed E-state index contributed by atoms with van der Waals surface area (Å²) in [4.78, 5) is 29.0. The molecule has 0 heterocycles. The minimum atomic E-state index is -0.508. The van der Waals surface area contributed by atoms with E-state index in [-0.39, 0.29) is 17.9 Å². The van der Waals surface area contributed by atoms with Crippen molar-refractivity contribution in [3.8, 4) is 0 Å². The molecule has 1 atom stereocenters. The van der Waals surface area contributed by atoms with Crippen LogP contribution >= 0.6 is 23.4 Å². The normalized spacial score (nSPS) is 15.2. The number of carbonyl (C=O) groups is 2. The molecule has 6 heteroatoms. The number of nitrogens with zero attached hydrogens (tertiary/aromatic N) is 1. The van der Waals surface area contributed by atoms with Crippen molar-refractivity contribution in [3.05, 3.63) is 64.7 Å². The van der Waals surface area contributed by atoms with Gasteiger partial charge < -0.3 is 10.2 Å². The first-order chi connectivity index (χ1) is 15.4. The summed E-state index contributed by atoms with van der Waals surface area (Å²) in [6.45, 7) is 4.32. The van der Waals surface area contributed by atoms with E-state index in [1.54, 1.807) is 16.7 Å². The SMILES string of the molecule is Cc1ccc(CN(C(=O)CCSc2ccc(Cl)cc2)C(C)C(=O)NC2CCCCC2)cc1. The third-order valence-corrected chi connectivity index (χ3v) is 7.26. The Morgan fingerprint density at radius 1 is 1.06 bits per heavy atom. The van der Waals surface area contributed by atoms with Gasteiger partial charge in [-0.05, 0) is 56.5 Å². The predicted molar refractivity (Wildman–Crippen MR) is 133 cm³/mol. The average Bonchev–Trinajstić information content (AvgIpc) is 2.80. The third-order valence-electron chi connectivity index (χ3n) is 5.99. The highest BCUT2D eigenvalue weighted by Gasteiger charge is 2.27. The van der Waals surface area contributed by atoms with Crippen molar-refractivity contribution in [1.82, 2.24) is 10.2 Å². The summed E-state index contributed by atoms with van der Waals surface area (Å²) in [5.74, 6) is 0.600. The molecule has 0 radical (unpaired) electrons. The average molecular weight is 473 g/mol. The first-order valence-electron chi connectivity index (χ1n) is 11.5. The van der Waals surface area contributed by atoms with Gasteiger partial charge in [-0.1, -0.05) is 60.7 Å². The standard InChI is InChI=1S/C26H33ClN2O2S/c1-19-8-10-21(11-9-19)18-29(20(2)26(31)28-23-6-4-3-5-7-23)25(30)16-17-32-24-14-12-22(27)13-15-24/h8-15,20,23H,3-7,16-18H2,1-2H3,(H,28,31). The van der Waals surface area contributed by atoms with Crippen molar-refractivity contribution in [2.24, 2.45) is 0 Å². The Morgan fingerprint density at radius 2 is 1.72 bits per heavy atom. The van der Waals surface area contributed by atoms with Gasteiger partial charge in [0.15, 0.2) is 0 Å². The number of aryl methyl sites for hydroxylation is 1. The topological polar surface area (TPSA) is 49.4 Å². The van der Waals surface area contributed by atoms with E-state index >= 15 is 0 Å². The van der Waals surface area contributed by atoms with Gasteiger partial charge in [-0.25, -0.2) is 0 Å². The molecule has 32 heavy (non-hydrogen) atoms. The molecule has 1 N–H and O–H groups in total. The van der Waals surface area contributed by atoms with Gasteiger partial charge in [0.25, 0.3) is 0 Å². The van der Waals surface area contributed by atoms with E-state index in [1.807, 2.05) is 62.4 Å². The van der Waals surface area contributed by atoms with Crippen LogP contribution in [0.5, 0.6) is 0 Å². The van der Waals surface area contributed by atoms with Crippen LogP contribution in [0.1, 0.15) is 56.6 Å². The van der Waals surface area contributed by atoms with E-state index in [0.29, 0.717) is 23.7 Å². The summed E-state index contributed by atoms with van der Waals surface area (Å²) >= 11 is 7.58. The Kier molecular flexibility index (Phi) is 9.49. The number of carbonyl (C=O) groups excluding carboxylic acids is 2. The highest BCUT2D eigenvalue weighted by atomic mass is 35.5. The van der Waals surface area contributed by atoms with Crippen molar-refractivity contribution < 1.29 is 9.59 Å². The maximum Gasteiger partial charge on any atom is 0.242 e. The van der Waals surface area contributed by atoms with E-state index in [2.05, 4.69) is 5.32 Å². The molecule has 1 aliphatic rings. The molecule has 0 spiro atoms. The number of amides is 2. The molecular formula is C26H33ClN2O2S. The lowest BCUT2D eigenvalue weighted by Crippen LogP contribution is -2.50. The molecule has 0 aliphatic heterocycles. The van der Waals surface area contributed by atoms with Crippen LogP contribution in [0.2, 0.25) is 5.02 Å². The Morgan fingerprint density at radius 3 is 2.38 bits per heavy atom. The van der Waals surface area contributed by atoms with Gasteiger partial charge in [0.1, 0.15) is 6.04 Å². The molecule has 1 aliphatic carbocycles. The van der Waals surface area contributed by atoms with Crippen molar-refractivity contribution in [3.63, 3.8) is 0 Å². The molecule has 1 fully saturated rings. The van der Waals surface area contributed by atoms with Crippen LogP contribution in [-0.2, 0) is 16.1 Å². The van der Waals surface area contributed by atoms with E-state index in [4.69, 9.17) is 11.6 Å². The number of nitrogens with one attached hydrogen (secondary N) is 1. The predicted octanol–water partition coefficient (Wildman–Crippen LogP) is 6.00. The Hall–Kier alpha value is -1.98. The zero-order valence-corrected chi connectivity index (χ0v) is 20.6. The second-order valence-electron chi connectivity index (χ2n) is 8.58. The molecule has 2 aromatic rings. The van der Waals surface area contributed by atoms with E-state index in [0.717, 1.165) is 36.1 Å². The van der Waals surface area contributed by atoms with Gasteiger partial charge in [-0.2, -0.15) is 0 Å². The van der Waals surface area contributed by atoms with Crippen LogP contribution in [-0.4, -0.2) is 34.6 Å². The fraction of sp³-hybridized carbons (Fsp3) is 0.462. The first-order valence-corrected chi connectivity index (χ1v) is 12.8.